The molecule has 0 bridgehead atoms. The molecule has 2 heterocycles. The van der Waals surface area contributed by atoms with Gasteiger partial charge in [-0.1, -0.05) is 30.3 Å². The van der Waals surface area contributed by atoms with Gasteiger partial charge < -0.3 is 10.3 Å². The van der Waals surface area contributed by atoms with Gasteiger partial charge in [0.2, 0.25) is 0 Å². The molecule has 0 fully saturated rings. The number of nitrogens with one attached hydrogen (secondary N) is 2. The van der Waals surface area contributed by atoms with Crippen molar-refractivity contribution in [3.05, 3.63) is 63.3 Å². The molecule has 0 unspecified atom stereocenters. The summed E-state index contributed by atoms with van der Waals surface area (Å²) in [5.41, 5.74) is 0.330. The monoisotopic (exact) mass is 291 g/mol. The van der Waals surface area contributed by atoms with E-state index in [2.05, 4.69) is 15.3 Å². The zero-order valence-corrected chi connectivity index (χ0v) is 11.3. The molecular formula is C15H15F2N3O. The fourth-order valence-corrected chi connectivity index (χ4v) is 2.49. The van der Waals surface area contributed by atoms with E-state index < -0.39 is 17.3 Å². The molecule has 1 aliphatic heterocycles. The molecule has 0 radical (unpaired) electrons. The molecule has 2 aromatic rings. The highest BCUT2D eigenvalue weighted by Crippen LogP contribution is 2.32. The van der Waals surface area contributed by atoms with E-state index in [0.717, 1.165) is 0 Å². The molecule has 1 aromatic heterocycles. The number of benzene rings is 1. The number of fused-ring (bicyclic) bond motifs is 1. The highest BCUT2D eigenvalue weighted by atomic mass is 19.3. The van der Waals surface area contributed by atoms with Gasteiger partial charge in [-0.25, -0.2) is 4.98 Å². The van der Waals surface area contributed by atoms with E-state index in [9.17, 15) is 13.6 Å². The van der Waals surface area contributed by atoms with E-state index in [1.165, 1.54) is 24.3 Å². The molecule has 110 valence electrons. The first kappa shape index (κ1) is 13.9. The maximum atomic E-state index is 14.5. The second-order valence-corrected chi connectivity index (χ2v) is 5.03. The van der Waals surface area contributed by atoms with Crippen molar-refractivity contribution in [2.75, 3.05) is 13.1 Å². The Morgan fingerprint density at radius 2 is 1.81 bits per heavy atom. The van der Waals surface area contributed by atoms with E-state index in [-0.39, 0.29) is 5.56 Å². The smallest absolute Gasteiger partial charge is 0.316 e. The lowest BCUT2D eigenvalue weighted by molar-refractivity contribution is 0.0322. The van der Waals surface area contributed by atoms with E-state index in [1.807, 2.05) is 0 Å². The molecule has 0 spiro atoms. The molecule has 21 heavy (non-hydrogen) atoms. The normalized spacial score (nSPS) is 15.3. The quantitative estimate of drug-likeness (QED) is 0.883. The minimum atomic E-state index is -3.31. The third-order valence-corrected chi connectivity index (χ3v) is 3.63. The molecule has 4 nitrogen and oxygen atoms in total. The van der Waals surface area contributed by atoms with Crippen molar-refractivity contribution in [2.24, 2.45) is 0 Å². The van der Waals surface area contributed by atoms with Gasteiger partial charge in [0.05, 0.1) is 5.69 Å². The fourth-order valence-electron chi connectivity index (χ4n) is 2.49. The van der Waals surface area contributed by atoms with Crippen LogP contribution in [0.2, 0.25) is 0 Å². The molecule has 3 rings (SSSR count). The zero-order chi connectivity index (χ0) is 14.9. The Kier molecular flexibility index (Phi) is 3.55. The molecule has 0 aliphatic carbocycles. The van der Waals surface area contributed by atoms with Gasteiger partial charge in [0.1, 0.15) is 0 Å². The predicted molar refractivity (Wildman–Crippen MR) is 74.6 cm³/mol. The van der Waals surface area contributed by atoms with Crippen molar-refractivity contribution in [2.45, 2.75) is 18.8 Å². The average Bonchev–Trinajstić information content (AvgIpc) is 2.74. The van der Waals surface area contributed by atoms with Gasteiger partial charge in [0.15, 0.2) is 5.82 Å². The molecule has 2 N–H and O–H groups in total. The van der Waals surface area contributed by atoms with Gasteiger partial charge in [-0.15, -0.1) is 0 Å². The Morgan fingerprint density at radius 3 is 2.57 bits per heavy atom. The highest BCUT2D eigenvalue weighted by molar-refractivity contribution is 5.29. The third-order valence-electron chi connectivity index (χ3n) is 3.63. The number of rotatable bonds is 2. The van der Waals surface area contributed by atoms with Gasteiger partial charge in [-0.05, 0) is 13.0 Å². The summed E-state index contributed by atoms with van der Waals surface area (Å²) in [6, 6.07) is 7.39. The lowest BCUT2D eigenvalue weighted by atomic mass is 10.1. The molecule has 1 aliphatic rings. The number of H-pyrrole nitrogens is 1. The predicted octanol–water partition coefficient (Wildman–Crippen LogP) is 1.60. The highest BCUT2D eigenvalue weighted by Gasteiger charge is 2.37. The van der Waals surface area contributed by atoms with Crippen LogP contribution in [0.3, 0.4) is 0 Å². The molecule has 0 saturated heterocycles. The molecule has 0 amide bonds. The molecular weight excluding hydrogens is 276 g/mol. The number of nitrogens with zero attached hydrogens (tertiary/aromatic N) is 1. The number of aromatic nitrogens is 2. The first-order valence-electron chi connectivity index (χ1n) is 6.85. The summed E-state index contributed by atoms with van der Waals surface area (Å²) in [6.45, 7) is 1.30. The summed E-state index contributed by atoms with van der Waals surface area (Å²) in [5.74, 6) is -3.89. The van der Waals surface area contributed by atoms with Gasteiger partial charge in [0.25, 0.3) is 5.56 Å². The zero-order valence-electron chi connectivity index (χ0n) is 11.3. The Balaban J connectivity index is 2.09. The van der Waals surface area contributed by atoms with Crippen LogP contribution in [0, 0.1) is 0 Å². The van der Waals surface area contributed by atoms with E-state index in [4.69, 9.17) is 0 Å². The second kappa shape index (κ2) is 5.37. The van der Waals surface area contributed by atoms with Crippen LogP contribution < -0.4 is 10.9 Å². The Hall–Kier alpha value is -2.08. The van der Waals surface area contributed by atoms with Crippen molar-refractivity contribution >= 4 is 0 Å². The van der Waals surface area contributed by atoms with Crippen LogP contribution in [0.25, 0.3) is 0 Å². The summed E-state index contributed by atoms with van der Waals surface area (Å²) in [5, 5.41) is 3.13. The Bertz CT molecular complexity index is 698. The Labute approximate surface area is 120 Å². The minimum absolute atomic E-state index is 0.181. The molecule has 1 aromatic carbocycles. The third kappa shape index (κ3) is 2.58. The van der Waals surface area contributed by atoms with Crippen molar-refractivity contribution in [1.82, 2.24) is 15.3 Å². The van der Waals surface area contributed by atoms with Crippen molar-refractivity contribution in [3.8, 4) is 0 Å². The number of hydrogen-bond donors (Lipinski definition) is 2. The maximum absolute atomic E-state index is 14.5. The van der Waals surface area contributed by atoms with Crippen molar-refractivity contribution in [3.63, 3.8) is 0 Å². The standard InChI is InChI=1S/C15H15F2N3O/c16-15(17,10-4-2-1-3-5-10)14-19-12-7-9-18-8-6-11(12)13(21)20-14/h1-5,18H,6-9H2,(H,19,20,21). The topological polar surface area (TPSA) is 57.8 Å². The molecule has 0 atom stereocenters. The van der Waals surface area contributed by atoms with Gasteiger partial charge in [-0.3, -0.25) is 4.79 Å². The number of halogens is 2. The van der Waals surface area contributed by atoms with E-state index >= 15 is 0 Å². The van der Waals surface area contributed by atoms with Crippen LogP contribution in [0.1, 0.15) is 22.6 Å². The maximum Gasteiger partial charge on any atom is 0.329 e. The van der Waals surface area contributed by atoms with Crippen LogP contribution in [0.15, 0.2) is 35.1 Å². The van der Waals surface area contributed by atoms with Crippen LogP contribution >= 0.6 is 0 Å². The number of aromatic amines is 1. The Morgan fingerprint density at radius 1 is 1.10 bits per heavy atom. The van der Waals surface area contributed by atoms with Crippen LogP contribution in [0.5, 0.6) is 0 Å². The number of alkyl halides is 2. The van der Waals surface area contributed by atoms with Gasteiger partial charge in [-0.2, -0.15) is 8.78 Å². The number of hydrogen-bond acceptors (Lipinski definition) is 3. The van der Waals surface area contributed by atoms with Crippen molar-refractivity contribution in [1.29, 1.82) is 0 Å². The van der Waals surface area contributed by atoms with Crippen LogP contribution in [-0.4, -0.2) is 23.1 Å². The van der Waals surface area contributed by atoms with E-state index in [1.54, 1.807) is 6.07 Å². The molecule has 0 saturated carbocycles. The lowest BCUT2D eigenvalue weighted by Crippen LogP contribution is -2.27. The summed E-state index contributed by atoms with van der Waals surface area (Å²) < 4.78 is 29.0. The second-order valence-electron chi connectivity index (χ2n) is 5.03. The molecule has 6 heteroatoms. The first-order chi connectivity index (χ1) is 10.1. The summed E-state index contributed by atoms with van der Waals surface area (Å²) in [6.07, 6.45) is 0.992. The summed E-state index contributed by atoms with van der Waals surface area (Å²) in [4.78, 5) is 18.4. The van der Waals surface area contributed by atoms with Gasteiger partial charge in [0, 0.05) is 24.1 Å². The largest absolute Gasteiger partial charge is 0.329 e. The first-order valence-corrected chi connectivity index (χ1v) is 6.85. The minimum Gasteiger partial charge on any atom is -0.316 e. The lowest BCUT2D eigenvalue weighted by Gasteiger charge is -2.17. The summed E-state index contributed by atoms with van der Waals surface area (Å²) >= 11 is 0. The summed E-state index contributed by atoms with van der Waals surface area (Å²) in [7, 11) is 0. The van der Waals surface area contributed by atoms with Crippen LogP contribution in [0.4, 0.5) is 8.78 Å². The SMILES string of the molecule is O=c1[nH]c(C(F)(F)c2ccccc2)nc2c1CCNCC2. The average molecular weight is 291 g/mol. The fraction of sp³-hybridized carbons (Fsp3) is 0.333. The van der Waals surface area contributed by atoms with Crippen molar-refractivity contribution < 1.29 is 8.78 Å². The van der Waals surface area contributed by atoms with Crippen LogP contribution in [-0.2, 0) is 18.8 Å². The van der Waals surface area contributed by atoms with E-state index in [0.29, 0.717) is 37.2 Å². The van der Waals surface area contributed by atoms with Gasteiger partial charge >= 0.3 is 5.92 Å².